The minimum atomic E-state index is 0.169. The van der Waals surface area contributed by atoms with Gasteiger partial charge in [0.25, 0.3) is 0 Å². The van der Waals surface area contributed by atoms with Crippen molar-refractivity contribution in [2.75, 3.05) is 6.61 Å². The summed E-state index contributed by atoms with van der Waals surface area (Å²) >= 11 is 0. The topological polar surface area (TPSA) is 58.1 Å². The predicted molar refractivity (Wildman–Crippen MR) is 82.3 cm³/mol. The van der Waals surface area contributed by atoms with Crippen molar-refractivity contribution in [1.29, 1.82) is 0 Å². The number of phenols is 1. The van der Waals surface area contributed by atoms with E-state index in [2.05, 4.69) is 10.2 Å². The van der Waals surface area contributed by atoms with Crippen LogP contribution in [0.2, 0.25) is 0 Å². The normalized spacial score (nSPS) is 10.5. The molecule has 0 aliphatic carbocycles. The number of ether oxygens (including phenoxy) is 1. The van der Waals surface area contributed by atoms with Crippen LogP contribution in [0.1, 0.15) is 6.92 Å². The smallest absolute Gasteiger partial charge is 0.128 e. The molecule has 4 heteroatoms. The van der Waals surface area contributed by atoms with Crippen molar-refractivity contribution in [1.82, 2.24) is 10.2 Å². The summed E-state index contributed by atoms with van der Waals surface area (Å²) in [4.78, 5) is 0. The summed E-state index contributed by atoms with van der Waals surface area (Å²) in [6.07, 6.45) is 1.76. The Morgan fingerprint density at radius 3 is 2.62 bits per heavy atom. The van der Waals surface area contributed by atoms with Crippen molar-refractivity contribution in [2.45, 2.75) is 6.92 Å². The number of nitrogens with zero attached hydrogens (tertiary/aromatic N) is 1. The van der Waals surface area contributed by atoms with E-state index in [1.807, 2.05) is 49.4 Å². The second-order valence-corrected chi connectivity index (χ2v) is 4.64. The number of nitrogens with one attached hydrogen (secondary N) is 1. The van der Waals surface area contributed by atoms with Crippen molar-refractivity contribution in [3.8, 4) is 33.9 Å². The van der Waals surface area contributed by atoms with E-state index in [4.69, 9.17) is 4.74 Å². The number of aromatic amines is 1. The molecule has 1 heterocycles. The van der Waals surface area contributed by atoms with Crippen LogP contribution in [0.25, 0.3) is 22.4 Å². The predicted octanol–water partition coefficient (Wildman–Crippen LogP) is 3.85. The zero-order chi connectivity index (χ0) is 14.7. The zero-order valence-corrected chi connectivity index (χ0v) is 11.7. The summed E-state index contributed by atoms with van der Waals surface area (Å²) in [6, 6.07) is 15.2. The molecule has 21 heavy (non-hydrogen) atoms. The fourth-order valence-electron chi connectivity index (χ4n) is 2.31. The Morgan fingerprint density at radius 2 is 1.90 bits per heavy atom. The number of phenolic OH excluding ortho intramolecular Hbond substituents is 1. The monoisotopic (exact) mass is 280 g/mol. The first-order valence-corrected chi connectivity index (χ1v) is 6.84. The maximum atomic E-state index is 10.2. The van der Waals surface area contributed by atoms with E-state index in [1.165, 1.54) is 0 Å². The van der Waals surface area contributed by atoms with Crippen molar-refractivity contribution in [3.05, 3.63) is 54.7 Å². The molecule has 0 fully saturated rings. The molecule has 3 aromatic rings. The van der Waals surface area contributed by atoms with Crippen molar-refractivity contribution in [3.63, 3.8) is 0 Å². The number of aromatic nitrogens is 2. The molecule has 2 N–H and O–H groups in total. The van der Waals surface area contributed by atoms with Crippen LogP contribution in [0.4, 0.5) is 0 Å². The highest BCUT2D eigenvalue weighted by atomic mass is 16.5. The van der Waals surface area contributed by atoms with Gasteiger partial charge in [0, 0.05) is 17.2 Å². The Labute approximate surface area is 123 Å². The molecule has 3 rings (SSSR count). The Balaban J connectivity index is 2.04. The van der Waals surface area contributed by atoms with Crippen molar-refractivity contribution in [2.24, 2.45) is 0 Å². The number of rotatable bonds is 4. The molecular formula is C17H16N2O2. The van der Waals surface area contributed by atoms with E-state index in [0.29, 0.717) is 17.9 Å². The van der Waals surface area contributed by atoms with Gasteiger partial charge in [0.2, 0.25) is 0 Å². The fraction of sp³-hybridized carbons (Fsp3) is 0.118. The first kappa shape index (κ1) is 13.2. The van der Waals surface area contributed by atoms with E-state index in [1.54, 1.807) is 12.3 Å². The van der Waals surface area contributed by atoms with Crippen molar-refractivity contribution < 1.29 is 9.84 Å². The van der Waals surface area contributed by atoms with Gasteiger partial charge in [-0.3, -0.25) is 5.10 Å². The van der Waals surface area contributed by atoms with Crippen LogP contribution in [-0.4, -0.2) is 21.9 Å². The van der Waals surface area contributed by atoms with E-state index >= 15 is 0 Å². The number of hydrogen-bond donors (Lipinski definition) is 2. The highest BCUT2D eigenvalue weighted by Gasteiger charge is 2.13. The first-order chi connectivity index (χ1) is 10.3. The third-order valence-electron chi connectivity index (χ3n) is 3.27. The molecule has 2 aromatic carbocycles. The maximum absolute atomic E-state index is 10.2. The lowest BCUT2D eigenvalue weighted by atomic mass is 10.0. The Morgan fingerprint density at radius 1 is 1.10 bits per heavy atom. The van der Waals surface area contributed by atoms with Gasteiger partial charge in [-0.2, -0.15) is 5.10 Å². The minimum absolute atomic E-state index is 0.169. The van der Waals surface area contributed by atoms with Gasteiger partial charge in [-0.15, -0.1) is 0 Å². The molecule has 0 aliphatic rings. The standard InChI is InChI=1S/C17H16N2O2/c1-2-21-13-8-9-14(16(20)10-13)17-15(11-18-19-17)12-6-4-3-5-7-12/h3-11,20H,2H2,1H3,(H,18,19). The van der Waals surface area contributed by atoms with Gasteiger partial charge < -0.3 is 9.84 Å². The fourth-order valence-corrected chi connectivity index (χ4v) is 2.31. The molecule has 0 atom stereocenters. The van der Waals surface area contributed by atoms with Crippen molar-refractivity contribution >= 4 is 0 Å². The van der Waals surface area contributed by atoms with Gasteiger partial charge in [0.05, 0.1) is 18.5 Å². The summed E-state index contributed by atoms with van der Waals surface area (Å²) < 4.78 is 5.39. The summed E-state index contributed by atoms with van der Waals surface area (Å²) in [5.74, 6) is 0.821. The molecule has 0 saturated heterocycles. The summed E-state index contributed by atoms with van der Waals surface area (Å²) in [5, 5.41) is 17.3. The molecule has 0 spiro atoms. The Bertz CT molecular complexity index is 736. The van der Waals surface area contributed by atoms with Gasteiger partial charge in [0.15, 0.2) is 0 Å². The molecule has 0 amide bonds. The van der Waals surface area contributed by atoms with Gasteiger partial charge in [-0.05, 0) is 24.6 Å². The number of aromatic hydroxyl groups is 1. The average molecular weight is 280 g/mol. The molecule has 1 aromatic heterocycles. The van der Waals surface area contributed by atoms with E-state index in [0.717, 1.165) is 16.8 Å². The molecule has 0 saturated carbocycles. The largest absolute Gasteiger partial charge is 0.507 e. The Kier molecular flexibility index (Phi) is 3.60. The summed E-state index contributed by atoms with van der Waals surface area (Å²) in [6.45, 7) is 2.48. The van der Waals surface area contributed by atoms with Crippen LogP contribution in [0, 0.1) is 0 Å². The van der Waals surface area contributed by atoms with Crippen LogP contribution in [0.5, 0.6) is 11.5 Å². The highest BCUT2D eigenvalue weighted by molar-refractivity contribution is 5.83. The molecule has 4 nitrogen and oxygen atoms in total. The molecule has 106 valence electrons. The van der Waals surface area contributed by atoms with E-state index < -0.39 is 0 Å². The molecule has 0 aliphatic heterocycles. The van der Waals surface area contributed by atoms with Crippen LogP contribution in [-0.2, 0) is 0 Å². The molecule has 0 unspecified atom stereocenters. The van der Waals surface area contributed by atoms with Gasteiger partial charge in [-0.25, -0.2) is 0 Å². The summed E-state index contributed by atoms with van der Waals surface area (Å²) in [7, 11) is 0. The van der Waals surface area contributed by atoms with Gasteiger partial charge >= 0.3 is 0 Å². The lowest BCUT2D eigenvalue weighted by Crippen LogP contribution is -1.91. The number of benzene rings is 2. The molecular weight excluding hydrogens is 264 g/mol. The maximum Gasteiger partial charge on any atom is 0.128 e. The SMILES string of the molecule is CCOc1ccc(-c2[nH]ncc2-c2ccccc2)c(O)c1. The van der Waals surface area contributed by atoms with Gasteiger partial charge in [-0.1, -0.05) is 30.3 Å². The minimum Gasteiger partial charge on any atom is -0.507 e. The van der Waals surface area contributed by atoms with E-state index in [9.17, 15) is 5.11 Å². The first-order valence-electron chi connectivity index (χ1n) is 6.84. The second kappa shape index (κ2) is 5.71. The molecule has 0 bridgehead atoms. The number of hydrogen-bond acceptors (Lipinski definition) is 3. The van der Waals surface area contributed by atoms with Crippen LogP contribution in [0.15, 0.2) is 54.7 Å². The lowest BCUT2D eigenvalue weighted by molar-refractivity contribution is 0.338. The third-order valence-corrected chi connectivity index (χ3v) is 3.27. The van der Waals surface area contributed by atoms with Crippen LogP contribution < -0.4 is 4.74 Å². The second-order valence-electron chi connectivity index (χ2n) is 4.64. The third kappa shape index (κ3) is 2.60. The number of H-pyrrole nitrogens is 1. The van der Waals surface area contributed by atoms with E-state index in [-0.39, 0.29) is 5.75 Å². The van der Waals surface area contributed by atoms with Gasteiger partial charge in [0.1, 0.15) is 11.5 Å². The summed E-state index contributed by atoms with van der Waals surface area (Å²) in [5.41, 5.74) is 3.50. The molecule has 0 radical (unpaired) electrons. The zero-order valence-electron chi connectivity index (χ0n) is 11.7. The van der Waals surface area contributed by atoms with Crippen LogP contribution >= 0.6 is 0 Å². The Hall–Kier alpha value is -2.75. The quantitative estimate of drug-likeness (QED) is 0.763. The highest BCUT2D eigenvalue weighted by Crippen LogP contribution is 2.36. The lowest BCUT2D eigenvalue weighted by Gasteiger charge is -2.08. The van der Waals surface area contributed by atoms with Crippen LogP contribution in [0.3, 0.4) is 0 Å². The average Bonchev–Trinajstić information content (AvgIpc) is 2.98.